The van der Waals surface area contributed by atoms with Crippen molar-refractivity contribution in [2.75, 3.05) is 7.11 Å². The lowest BCUT2D eigenvalue weighted by atomic mass is 10.2. The summed E-state index contributed by atoms with van der Waals surface area (Å²) in [5.41, 5.74) is 1.16. The third-order valence-electron chi connectivity index (χ3n) is 4.35. The van der Waals surface area contributed by atoms with Crippen LogP contribution in [0.15, 0.2) is 23.0 Å². The van der Waals surface area contributed by atoms with Gasteiger partial charge in [-0.1, -0.05) is 11.6 Å². The first-order valence-corrected chi connectivity index (χ1v) is 9.30. The molecule has 1 aliphatic carbocycles. The van der Waals surface area contributed by atoms with Gasteiger partial charge in [0.15, 0.2) is 0 Å². The van der Waals surface area contributed by atoms with Gasteiger partial charge in [-0.2, -0.15) is 0 Å². The molecule has 8 heteroatoms. The van der Waals surface area contributed by atoms with Gasteiger partial charge in [-0.05, 0) is 43.0 Å². The molecule has 0 radical (unpaired) electrons. The molecule has 6 nitrogen and oxygen atoms in total. The SMILES string of the molecule is COc1ccc(Cl)cc1C(=O)OCc1nc2sc3c(c2c(=O)[nH]1)CCC3. The molecule has 1 N–H and O–H groups in total. The molecule has 134 valence electrons. The predicted octanol–water partition coefficient (Wildman–Crippen LogP) is 3.49. The van der Waals surface area contributed by atoms with E-state index in [0.717, 1.165) is 24.8 Å². The van der Waals surface area contributed by atoms with Crippen molar-refractivity contribution in [1.29, 1.82) is 0 Å². The van der Waals surface area contributed by atoms with Crippen LogP contribution in [0.4, 0.5) is 0 Å². The highest BCUT2D eigenvalue weighted by molar-refractivity contribution is 7.18. The number of fused-ring (bicyclic) bond motifs is 3. The first-order chi connectivity index (χ1) is 12.6. The van der Waals surface area contributed by atoms with E-state index in [1.165, 1.54) is 18.1 Å². The average Bonchev–Trinajstić information content (AvgIpc) is 3.20. The number of thiophene rings is 1. The molecule has 0 fully saturated rings. The van der Waals surface area contributed by atoms with Gasteiger partial charge in [0.2, 0.25) is 0 Å². The van der Waals surface area contributed by atoms with Crippen LogP contribution in [0.2, 0.25) is 5.02 Å². The molecule has 26 heavy (non-hydrogen) atoms. The van der Waals surface area contributed by atoms with Gasteiger partial charge in [-0.3, -0.25) is 4.79 Å². The number of methoxy groups -OCH3 is 1. The monoisotopic (exact) mass is 390 g/mol. The van der Waals surface area contributed by atoms with Gasteiger partial charge in [-0.15, -0.1) is 11.3 Å². The molecule has 0 bridgehead atoms. The Hall–Kier alpha value is -2.38. The fraction of sp³-hybridized carbons (Fsp3) is 0.278. The molecule has 0 amide bonds. The Kier molecular flexibility index (Phi) is 4.42. The Bertz CT molecular complexity index is 1070. The third kappa shape index (κ3) is 2.97. The van der Waals surface area contributed by atoms with Crippen molar-refractivity contribution in [3.8, 4) is 5.75 Å². The number of carbonyl (C=O) groups excluding carboxylic acids is 1. The summed E-state index contributed by atoms with van der Waals surface area (Å²) in [6.45, 7) is -0.137. The van der Waals surface area contributed by atoms with Gasteiger partial charge >= 0.3 is 5.97 Å². The Morgan fingerprint density at radius 1 is 1.38 bits per heavy atom. The highest BCUT2D eigenvalue weighted by Crippen LogP contribution is 2.34. The second kappa shape index (κ2) is 6.74. The smallest absolute Gasteiger partial charge is 0.342 e. The predicted molar refractivity (Wildman–Crippen MR) is 99.4 cm³/mol. The fourth-order valence-electron chi connectivity index (χ4n) is 3.17. The van der Waals surface area contributed by atoms with Gasteiger partial charge in [0.25, 0.3) is 5.56 Å². The second-order valence-electron chi connectivity index (χ2n) is 5.97. The zero-order chi connectivity index (χ0) is 18.3. The number of H-pyrrole nitrogens is 1. The number of hydrogen-bond acceptors (Lipinski definition) is 6. The highest BCUT2D eigenvalue weighted by Gasteiger charge is 2.21. The number of aryl methyl sites for hydroxylation is 2. The molecule has 1 aromatic carbocycles. The summed E-state index contributed by atoms with van der Waals surface area (Å²) in [4.78, 5) is 33.9. The molecule has 1 aliphatic rings. The van der Waals surface area contributed by atoms with Gasteiger partial charge in [-0.25, -0.2) is 9.78 Å². The summed E-state index contributed by atoms with van der Waals surface area (Å²) in [7, 11) is 1.46. The van der Waals surface area contributed by atoms with Crippen molar-refractivity contribution in [1.82, 2.24) is 9.97 Å². The Balaban J connectivity index is 1.58. The number of carbonyl (C=O) groups is 1. The van der Waals surface area contributed by atoms with Crippen LogP contribution >= 0.6 is 22.9 Å². The second-order valence-corrected chi connectivity index (χ2v) is 7.49. The van der Waals surface area contributed by atoms with Gasteiger partial charge < -0.3 is 14.5 Å². The van der Waals surface area contributed by atoms with E-state index < -0.39 is 5.97 Å². The Morgan fingerprint density at radius 2 is 2.23 bits per heavy atom. The van der Waals surface area contributed by atoms with Gasteiger partial charge in [0.1, 0.15) is 28.6 Å². The summed E-state index contributed by atoms with van der Waals surface area (Å²) >= 11 is 7.48. The minimum Gasteiger partial charge on any atom is -0.496 e. The van der Waals surface area contributed by atoms with Crippen LogP contribution in [0.5, 0.6) is 5.75 Å². The first kappa shape index (κ1) is 17.1. The third-order valence-corrected chi connectivity index (χ3v) is 5.77. The number of rotatable bonds is 4. The van der Waals surface area contributed by atoms with Gasteiger partial charge in [0, 0.05) is 9.90 Å². The number of aromatic nitrogens is 2. The highest BCUT2D eigenvalue weighted by atomic mass is 35.5. The van der Waals surface area contributed by atoms with E-state index in [-0.39, 0.29) is 17.7 Å². The summed E-state index contributed by atoms with van der Waals surface area (Å²) in [6, 6.07) is 4.70. The number of nitrogens with zero attached hydrogens (tertiary/aromatic N) is 1. The fourth-order valence-corrected chi connectivity index (χ4v) is 4.62. The first-order valence-electron chi connectivity index (χ1n) is 8.11. The lowest BCUT2D eigenvalue weighted by Crippen LogP contribution is -2.14. The summed E-state index contributed by atoms with van der Waals surface area (Å²) in [6.07, 6.45) is 3.00. The van der Waals surface area contributed by atoms with Crippen molar-refractivity contribution in [2.45, 2.75) is 25.9 Å². The van der Waals surface area contributed by atoms with Crippen LogP contribution in [0.3, 0.4) is 0 Å². The van der Waals surface area contributed by atoms with Crippen LogP contribution in [-0.2, 0) is 24.2 Å². The lowest BCUT2D eigenvalue weighted by Gasteiger charge is -2.09. The molecule has 2 aromatic heterocycles. The largest absolute Gasteiger partial charge is 0.496 e. The standard InChI is InChI=1S/C18H15ClN2O4S/c1-24-12-6-5-9(19)7-11(12)18(23)25-8-14-20-16(22)15-10-3-2-4-13(10)26-17(15)21-14/h5-7H,2-4,8H2,1H3,(H,20,21,22). The summed E-state index contributed by atoms with van der Waals surface area (Å²) in [5.74, 6) is 0.0866. The van der Waals surface area contributed by atoms with Crippen LogP contribution in [-0.4, -0.2) is 23.0 Å². The van der Waals surface area contributed by atoms with Crippen molar-refractivity contribution in [3.63, 3.8) is 0 Å². The molecule has 4 rings (SSSR count). The topological polar surface area (TPSA) is 81.3 Å². The van der Waals surface area contributed by atoms with E-state index in [2.05, 4.69) is 9.97 Å². The molecular formula is C18H15ClN2O4S. The van der Waals surface area contributed by atoms with Gasteiger partial charge in [0.05, 0.1) is 12.5 Å². The molecule has 3 aromatic rings. The molecular weight excluding hydrogens is 376 g/mol. The number of benzene rings is 1. The van der Waals surface area contributed by atoms with E-state index in [1.807, 2.05) is 0 Å². The summed E-state index contributed by atoms with van der Waals surface area (Å²) < 4.78 is 10.4. The Labute approximate surface area is 157 Å². The number of aromatic amines is 1. The van der Waals surface area contributed by atoms with Crippen molar-refractivity contribution >= 4 is 39.1 Å². The van der Waals surface area contributed by atoms with E-state index >= 15 is 0 Å². The average molecular weight is 391 g/mol. The van der Waals surface area contributed by atoms with Crippen molar-refractivity contribution in [3.05, 3.63) is 55.4 Å². The lowest BCUT2D eigenvalue weighted by molar-refractivity contribution is 0.0458. The van der Waals surface area contributed by atoms with Crippen LogP contribution in [0.1, 0.15) is 33.0 Å². The maximum absolute atomic E-state index is 12.4. The maximum atomic E-state index is 12.4. The molecule has 0 spiro atoms. The number of halogens is 1. The maximum Gasteiger partial charge on any atom is 0.342 e. The number of ether oxygens (including phenoxy) is 2. The van der Waals surface area contributed by atoms with E-state index in [9.17, 15) is 9.59 Å². The van der Waals surface area contributed by atoms with E-state index in [1.54, 1.807) is 23.5 Å². The van der Waals surface area contributed by atoms with Crippen LogP contribution in [0.25, 0.3) is 10.2 Å². The van der Waals surface area contributed by atoms with Crippen molar-refractivity contribution < 1.29 is 14.3 Å². The quantitative estimate of drug-likeness (QED) is 0.689. The minimum atomic E-state index is -0.597. The number of hydrogen-bond donors (Lipinski definition) is 1. The number of esters is 1. The molecule has 0 unspecified atom stereocenters. The molecule has 0 aliphatic heterocycles. The van der Waals surface area contributed by atoms with E-state index in [0.29, 0.717) is 26.8 Å². The molecule has 0 atom stereocenters. The van der Waals surface area contributed by atoms with Crippen LogP contribution in [0, 0.1) is 0 Å². The molecule has 0 saturated carbocycles. The number of nitrogens with one attached hydrogen (secondary N) is 1. The van der Waals surface area contributed by atoms with Crippen LogP contribution < -0.4 is 10.3 Å². The molecule has 2 heterocycles. The zero-order valence-corrected chi connectivity index (χ0v) is 15.5. The molecule has 0 saturated heterocycles. The van der Waals surface area contributed by atoms with Crippen molar-refractivity contribution in [2.24, 2.45) is 0 Å². The zero-order valence-electron chi connectivity index (χ0n) is 13.9. The van der Waals surface area contributed by atoms with E-state index in [4.69, 9.17) is 21.1 Å². The normalized spacial score (nSPS) is 13.0. The minimum absolute atomic E-state index is 0.137. The Morgan fingerprint density at radius 3 is 3.04 bits per heavy atom. The summed E-state index contributed by atoms with van der Waals surface area (Å²) in [5, 5.41) is 1.08.